The van der Waals surface area contributed by atoms with Crippen molar-refractivity contribution in [3.63, 3.8) is 0 Å². The molecular weight excluding hydrogens is 272 g/mol. The Labute approximate surface area is 123 Å². The molecule has 1 aromatic rings. The van der Waals surface area contributed by atoms with Crippen molar-refractivity contribution < 1.29 is 14.3 Å². The van der Waals surface area contributed by atoms with Crippen LogP contribution in [0.1, 0.15) is 36.0 Å². The third kappa shape index (κ3) is 3.51. The van der Waals surface area contributed by atoms with Crippen molar-refractivity contribution >= 4 is 11.9 Å². The number of pyridine rings is 1. The van der Waals surface area contributed by atoms with Crippen molar-refractivity contribution in [2.45, 2.75) is 31.7 Å². The number of hydrogen-bond donors (Lipinski definition) is 0. The fourth-order valence-electron chi connectivity index (χ4n) is 2.60. The van der Waals surface area contributed by atoms with Gasteiger partial charge in [0.25, 0.3) is 11.5 Å². The van der Waals surface area contributed by atoms with Gasteiger partial charge >= 0.3 is 5.97 Å². The summed E-state index contributed by atoms with van der Waals surface area (Å²) in [5, 5.41) is 0. The van der Waals surface area contributed by atoms with Gasteiger partial charge in [0, 0.05) is 37.5 Å². The van der Waals surface area contributed by atoms with Crippen LogP contribution in [0.15, 0.2) is 23.1 Å². The lowest BCUT2D eigenvalue weighted by Gasteiger charge is -2.35. The predicted molar refractivity (Wildman–Crippen MR) is 77.0 cm³/mol. The molecule has 2 heterocycles. The first-order valence-electron chi connectivity index (χ1n) is 7.07. The number of methoxy groups -OCH3 is 1. The zero-order valence-electron chi connectivity index (χ0n) is 12.4. The van der Waals surface area contributed by atoms with Crippen molar-refractivity contribution in [3.8, 4) is 0 Å². The predicted octanol–water partition coefficient (Wildman–Crippen LogP) is 0.943. The third-order valence-corrected chi connectivity index (χ3v) is 3.87. The molecule has 1 saturated heterocycles. The van der Waals surface area contributed by atoms with E-state index in [0.29, 0.717) is 12.1 Å². The van der Waals surface area contributed by atoms with Crippen molar-refractivity contribution in [3.05, 3.63) is 34.2 Å². The number of hydrogen-bond acceptors (Lipinski definition) is 4. The Morgan fingerprint density at radius 1 is 1.38 bits per heavy atom. The van der Waals surface area contributed by atoms with Gasteiger partial charge in [-0.3, -0.25) is 14.4 Å². The molecule has 1 amide bonds. The molecule has 6 nitrogen and oxygen atoms in total. The zero-order valence-corrected chi connectivity index (χ0v) is 12.4. The fraction of sp³-hybridized carbons (Fsp3) is 0.533. The number of carbonyl (C=O) groups is 2. The van der Waals surface area contributed by atoms with E-state index in [1.807, 2.05) is 0 Å². The van der Waals surface area contributed by atoms with Crippen LogP contribution in [0, 0.1) is 0 Å². The number of amides is 1. The maximum absolute atomic E-state index is 12.6. The molecule has 0 aliphatic carbocycles. The first-order chi connectivity index (χ1) is 10.0. The first kappa shape index (κ1) is 15.3. The molecule has 114 valence electrons. The minimum Gasteiger partial charge on any atom is -0.469 e. The van der Waals surface area contributed by atoms with E-state index in [1.54, 1.807) is 24.2 Å². The normalized spacial score (nSPS) is 18.4. The monoisotopic (exact) mass is 292 g/mol. The number of esters is 1. The highest BCUT2D eigenvalue weighted by Gasteiger charge is 2.29. The third-order valence-electron chi connectivity index (χ3n) is 3.87. The van der Waals surface area contributed by atoms with E-state index in [2.05, 4.69) is 0 Å². The largest absolute Gasteiger partial charge is 0.469 e. The molecule has 2 rings (SSSR count). The summed E-state index contributed by atoms with van der Waals surface area (Å²) in [5.74, 6) is -0.509. The van der Waals surface area contributed by atoms with Crippen LogP contribution < -0.4 is 5.56 Å². The number of piperidine rings is 1. The second kappa shape index (κ2) is 6.56. The lowest BCUT2D eigenvalue weighted by atomic mass is 9.98. The van der Waals surface area contributed by atoms with Gasteiger partial charge in [-0.05, 0) is 25.3 Å². The van der Waals surface area contributed by atoms with Crippen LogP contribution in [-0.4, -0.2) is 41.0 Å². The Morgan fingerprint density at radius 2 is 2.14 bits per heavy atom. The summed E-state index contributed by atoms with van der Waals surface area (Å²) in [6.45, 7) is 0.607. The average Bonchev–Trinajstić information content (AvgIpc) is 2.49. The number of nitrogens with zero attached hydrogens (tertiary/aromatic N) is 2. The Morgan fingerprint density at radius 3 is 2.81 bits per heavy atom. The molecule has 1 atom stereocenters. The van der Waals surface area contributed by atoms with Gasteiger partial charge in [0.05, 0.1) is 13.5 Å². The van der Waals surface area contributed by atoms with Gasteiger partial charge in [0.15, 0.2) is 0 Å². The number of carbonyl (C=O) groups excluding carboxylic acids is 2. The summed E-state index contributed by atoms with van der Waals surface area (Å²) in [7, 11) is 2.98. The summed E-state index contributed by atoms with van der Waals surface area (Å²) >= 11 is 0. The first-order valence-corrected chi connectivity index (χ1v) is 7.07. The lowest BCUT2D eigenvalue weighted by molar-refractivity contribution is -0.142. The molecule has 0 radical (unpaired) electrons. The highest BCUT2D eigenvalue weighted by atomic mass is 16.5. The Hall–Kier alpha value is -2.11. The summed E-state index contributed by atoms with van der Waals surface area (Å²) in [4.78, 5) is 37.4. The van der Waals surface area contributed by atoms with Crippen LogP contribution in [0.5, 0.6) is 0 Å². The fourth-order valence-corrected chi connectivity index (χ4v) is 2.60. The highest BCUT2D eigenvalue weighted by molar-refractivity contribution is 5.94. The zero-order chi connectivity index (χ0) is 15.4. The van der Waals surface area contributed by atoms with Gasteiger partial charge in [0.1, 0.15) is 0 Å². The van der Waals surface area contributed by atoms with Crippen LogP contribution in [0.2, 0.25) is 0 Å². The minimum absolute atomic E-state index is 0.150. The lowest BCUT2D eigenvalue weighted by Crippen LogP contribution is -2.45. The molecule has 21 heavy (non-hydrogen) atoms. The second-order valence-corrected chi connectivity index (χ2v) is 5.29. The summed E-state index contributed by atoms with van der Waals surface area (Å²) < 4.78 is 6.11. The number of aromatic nitrogens is 1. The Bertz CT molecular complexity index is 594. The van der Waals surface area contributed by atoms with Crippen LogP contribution in [-0.2, 0) is 16.6 Å². The maximum atomic E-state index is 12.6. The molecule has 1 aliphatic heterocycles. The molecule has 1 fully saturated rings. The van der Waals surface area contributed by atoms with Crippen LogP contribution in [0.3, 0.4) is 0 Å². The van der Waals surface area contributed by atoms with Gasteiger partial charge in [-0.25, -0.2) is 0 Å². The number of ether oxygens (including phenoxy) is 1. The van der Waals surface area contributed by atoms with E-state index >= 15 is 0 Å². The van der Waals surface area contributed by atoms with Crippen molar-refractivity contribution in [1.82, 2.24) is 9.47 Å². The van der Waals surface area contributed by atoms with Crippen LogP contribution in [0.4, 0.5) is 0 Å². The SMILES string of the molecule is COC(=O)C[C@@H]1CCCCN1C(=O)c1ccn(C)c(=O)c1. The number of aryl methyl sites for hydroxylation is 1. The van der Waals surface area contributed by atoms with Crippen molar-refractivity contribution in [2.75, 3.05) is 13.7 Å². The smallest absolute Gasteiger partial charge is 0.307 e. The molecule has 6 heteroatoms. The van der Waals surface area contributed by atoms with E-state index in [4.69, 9.17) is 4.74 Å². The summed E-state index contributed by atoms with van der Waals surface area (Å²) in [6, 6.07) is 2.82. The van der Waals surface area contributed by atoms with Crippen LogP contribution >= 0.6 is 0 Å². The van der Waals surface area contributed by atoms with Gasteiger partial charge < -0.3 is 14.2 Å². The minimum atomic E-state index is -0.316. The topological polar surface area (TPSA) is 68.6 Å². The highest BCUT2D eigenvalue weighted by Crippen LogP contribution is 2.22. The standard InChI is InChI=1S/C15H20N2O4/c1-16-8-6-11(9-13(16)18)15(20)17-7-4-3-5-12(17)10-14(19)21-2/h6,8-9,12H,3-5,7,10H2,1-2H3/t12-/m0/s1. The van der Waals surface area contributed by atoms with E-state index in [1.165, 1.54) is 17.7 Å². The van der Waals surface area contributed by atoms with Crippen molar-refractivity contribution in [2.24, 2.45) is 7.05 Å². The molecule has 0 spiro atoms. The molecule has 1 aromatic heterocycles. The quantitative estimate of drug-likeness (QED) is 0.778. The van der Waals surface area contributed by atoms with E-state index in [0.717, 1.165) is 19.3 Å². The van der Waals surface area contributed by atoms with Crippen LogP contribution in [0.25, 0.3) is 0 Å². The van der Waals surface area contributed by atoms with Gasteiger partial charge in [-0.15, -0.1) is 0 Å². The van der Waals surface area contributed by atoms with Gasteiger partial charge in [-0.1, -0.05) is 0 Å². The van der Waals surface area contributed by atoms with E-state index in [9.17, 15) is 14.4 Å². The molecule has 1 aliphatic rings. The molecule has 0 bridgehead atoms. The molecule has 0 unspecified atom stereocenters. The van der Waals surface area contributed by atoms with Gasteiger partial charge in [0.2, 0.25) is 0 Å². The maximum Gasteiger partial charge on any atom is 0.307 e. The molecule has 0 aromatic carbocycles. The molecular formula is C15H20N2O4. The summed E-state index contributed by atoms with van der Waals surface area (Å²) in [5.41, 5.74) is 0.150. The molecule has 0 N–H and O–H groups in total. The Balaban J connectivity index is 2.19. The van der Waals surface area contributed by atoms with Crippen molar-refractivity contribution in [1.29, 1.82) is 0 Å². The second-order valence-electron chi connectivity index (χ2n) is 5.29. The number of rotatable bonds is 3. The van der Waals surface area contributed by atoms with E-state index in [-0.39, 0.29) is 29.9 Å². The van der Waals surface area contributed by atoms with E-state index < -0.39 is 0 Å². The number of likely N-dealkylation sites (tertiary alicyclic amines) is 1. The molecule has 0 saturated carbocycles. The Kier molecular flexibility index (Phi) is 4.77. The van der Waals surface area contributed by atoms with Gasteiger partial charge in [-0.2, -0.15) is 0 Å². The summed E-state index contributed by atoms with van der Waals surface area (Å²) in [6.07, 6.45) is 4.46. The average molecular weight is 292 g/mol.